The lowest BCUT2D eigenvalue weighted by molar-refractivity contribution is -0.150. The van der Waals surface area contributed by atoms with Crippen molar-refractivity contribution in [2.24, 2.45) is 4.99 Å². The van der Waals surface area contributed by atoms with Gasteiger partial charge >= 0.3 is 18.2 Å². The molecular formula is C26H50N4O8Si. The van der Waals surface area contributed by atoms with E-state index < -0.39 is 43.9 Å². The van der Waals surface area contributed by atoms with E-state index in [1.54, 1.807) is 41.5 Å². The SMILES string of the molecule is CC(C)(C)OC(=O)NC(=NCCCCCCC(=O)NC(O[Si](C)(C)C(C)(C)C)C(=O)O)NC(=O)OC(C)(C)C. The van der Waals surface area contributed by atoms with Gasteiger partial charge in [-0.15, -0.1) is 0 Å². The van der Waals surface area contributed by atoms with Gasteiger partial charge in [-0.05, 0) is 72.5 Å². The maximum absolute atomic E-state index is 12.3. The smallest absolute Gasteiger partial charge is 0.414 e. The second-order valence-corrected chi connectivity index (χ2v) is 17.6. The van der Waals surface area contributed by atoms with E-state index >= 15 is 0 Å². The second kappa shape index (κ2) is 15.2. The molecule has 0 radical (unpaired) electrons. The number of guanidine groups is 1. The summed E-state index contributed by atoms with van der Waals surface area (Å²) in [7, 11) is -2.38. The lowest BCUT2D eigenvalue weighted by atomic mass is 10.1. The average molecular weight is 575 g/mol. The average Bonchev–Trinajstić information content (AvgIpc) is 2.68. The molecule has 0 fully saturated rings. The summed E-state index contributed by atoms with van der Waals surface area (Å²) in [6.07, 6.45) is -0.115. The summed E-state index contributed by atoms with van der Waals surface area (Å²) in [5.41, 5.74) is -1.45. The molecule has 0 aromatic rings. The van der Waals surface area contributed by atoms with Crippen molar-refractivity contribution in [3.63, 3.8) is 0 Å². The number of hydrogen-bond donors (Lipinski definition) is 4. The number of aliphatic carboxylic acids is 1. The third-order valence-electron chi connectivity index (χ3n) is 5.56. The van der Waals surface area contributed by atoms with Crippen LogP contribution >= 0.6 is 0 Å². The molecule has 0 aliphatic heterocycles. The van der Waals surface area contributed by atoms with Gasteiger partial charge in [0, 0.05) is 13.0 Å². The van der Waals surface area contributed by atoms with E-state index in [2.05, 4.69) is 20.9 Å². The van der Waals surface area contributed by atoms with Gasteiger partial charge in [0.1, 0.15) is 11.2 Å². The summed E-state index contributed by atoms with van der Waals surface area (Å²) < 4.78 is 16.3. The van der Waals surface area contributed by atoms with Gasteiger partial charge in [-0.25, -0.2) is 14.4 Å². The van der Waals surface area contributed by atoms with E-state index in [0.29, 0.717) is 25.8 Å². The van der Waals surface area contributed by atoms with Gasteiger partial charge in [0.05, 0.1) is 0 Å². The summed E-state index contributed by atoms with van der Waals surface area (Å²) in [6, 6.07) is 0. The van der Waals surface area contributed by atoms with Crippen molar-refractivity contribution in [2.45, 2.75) is 130 Å². The van der Waals surface area contributed by atoms with E-state index in [1.165, 1.54) is 0 Å². The van der Waals surface area contributed by atoms with E-state index in [0.717, 1.165) is 6.42 Å². The fraction of sp³-hybridized carbons (Fsp3) is 0.808. The Kier molecular flexibility index (Phi) is 14.2. The normalized spacial score (nSPS) is 13.1. The molecule has 226 valence electrons. The van der Waals surface area contributed by atoms with Gasteiger partial charge in [0.25, 0.3) is 0 Å². The standard InChI is InChI=1S/C26H50N4O8Si/c1-24(2,3)36-22(34)29-21(30-23(35)37-25(4,5)6)27-17-15-13-12-14-16-18(31)28-19(20(32)33)38-39(10,11)26(7,8)9/h19H,12-17H2,1-11H3,(H,28,31)(H,32,33)(H2,27,29,30,34,35). The number of carbonyl (C=O) groups excluding carboxylic acids is 3. The number of aliphatic imine (C=N–C) groups is 1. The zero-order chi connectivity index (χ0) is 30.7. The molecule has 39 heavy (non-hydrogen) atoms. The summed E-state index contributed by atoms with van der Waals surface area (Å²) in [5.74, 6) is -1.69. The molecule has 0 bridgehead atoms. The lowest BCUT2D eigenvalue weighted by Gasteiger charge is -2.38. The van der Waals surface area contributed by atoms with Crippen molar-refractivity contribution in [3.05, 3.63) is 0 Å². The monoisotopic (exact) mass is 574 g/mol. The van der Waals surface area contributed by atoms with Crippen molar-refractivity contribution in [2.75, 3.05) is 6.54 Å². The molecule has 4 N–H and O–H groups in total. The fourth-order valence-electron chi connectivity index (χ4n) is 2.68. The first kappa shape index (κ1) is 36.3. The molecule has 13 heteroatoms. The molecule has 0 aliphatic carbocycles. The second-order valence-electron chi connectivity index (χ2n) is 12.8. The summed E-state index contributed by atoms with van der Waals surface area (Å²) in [5, 5.41) is 16.6. The quantitative estimate of drug-likeness (QED) is 0.0890. The Morgan fingerprint density at radius 2 is 1.26 bits per heavy atom. The zero-order valence-corrected chi connectivity index (χ0v) is 26.6. The van der Waals surface area contributed by atoms with Gasteiger partial charge in [-0.3, -0.25) is 20.4 Å². The molecule has 0 heterocycles. The number of nitrogens with zero attached hydrogens (tertiary/aromatic N) is 1. The highest BCUT2D eigenvalue weighted by Gasteiger charge is 2.41. The number of ether oxygens (including phenoxy) is 2. The number of alkyl carbamates (subject to hydrolysis) is 2. The minimum atomic E-state index is -2.38. The van der Waals surface area contributed by atoms with Crippen LogP contribution in [-0.4, -0.2) is 67.4 Å². The maximum atomic E-state index is 12.3. The van der Waals surface area contributed by atoms with Gasteiger partial charge in [0.2, 0.25) is 18.1 Å². The number of unbranched alkanes of at least 4 members (excludes halogenated alkanes) is 3. The summed E-state index contributed by atoms with van der Waals surface area (Å²) in [6.45, 7) is 20.4. The van der Waals surface area contributed by atoms with Crippen LogP contribution in [0.3, 0.4) is 0 Å². The van der Waals surface area contributed by atoms with Crippen LogP contribution in [0, 0.1) is 0 Å². The fourth-order valence-corrected chi connectivity index (χ4v) is 3.79. The predicted molar refractivity (Wildman–Crippen MR) is 152 cm³/mol. The van der Waals surface area contributed by atoms with Crippen LogP contribution in [0.2, 0.25) is 18.1 Å². The van der Waals surface area contributed by atoms with E-state index in [4.69, 9.17) is 13.9 Å². The minimum absolute atomic E-state index is 0.0840. The largest absolute Gasteiger partial charge is 0.478 e. The highest BCUT2D eigenvalue weighted by Crippen LogP contribution is 2.37. The summed E-state index contributed by atoms with van der Waals surface area (Å²) >= 11 is 0. The third-order valence-corrected chi connectivity index (χ3v) is 9.99. The first-order valence-corrected chi connectivity index (χ1v) is 16.2. The van der Waals surface area contributed by atoms with Crippen molar-refractivity contribution >= 4 is 38.3 Å². The first-order valence-electron chi connectivity index (χ1n) is 13.3. The Morgan fingerprint density at radius 3 is 1.67 bits per heavy atom. The number of amides is 3. The molecule has 0 aromatic heterocycles. The molecule has 1 unspecified atom stereocenters. The van der Waals surface area contributed by atoms with Gasteiger partial charge in [-0.2, -0.15) is 0 Å². The van der Waals surface area contributed by atoms with Crippen molar-refractivity contribution in [1.29, 1.82) is 0 Å². The van der Waals surface area contributed by atoms with Gasteiger partial charge in [0.15, 0.2) is 8.32 Å². The number of hydrogen-bond acceptors (Lipinski definition) is 8. The van der Waals surface area contributed by atoms with Crippen LogP contribution in [0.15, 0.2) is 4.99 Å². The van der Waals surface area contributed by atoms with Crippen LogP contribution < -0.4 is 16.0 Å². The van der Waals surface area contributed by atoms with E-state index in [-0.39, 0.29) is 23.3 Å². The highest BCUT2D eigenvalue weighted by molar-refractivity contribution is 6.74. The highest BCUT2D eigenvalue weighted by atomic mass is 28.4. The molecule has 0 aromatic carbocycles. The van der Waals surface area contributed by atoms with Crippen LogP contribution in [0.5, 0.6) is 0 Å². The molecule has 0 saturated carbocycles. The molecule has 0 spiro atoms. The third kappa shape index (κ3) is 17.5. The molecule has 0 saturated heterocycles. The maximum Gasteiger partial charge on any atom is 0.414 e. The van der Waals surface area contributed by atoms with Crippen LogP contribution in [0.25, 0.3) is 0 Å². The van der Waals surface area contributed by atoms with Gasteiger partial charge in [-0.1, -0.05) is 33.6 Å². The zero-order valence-electron chi connectivity index (χ0n) is 25.6. The Hall–Kier alpha value is -2.67. The Labute approximate surface area is 234 Å². The number of carbonyl (C=O) groups is 4. The molecule has 3 amide bonds. The lowest BCUT2D eigenvalue weighted by Crippen LogP contribution is -2.52. The number of carboxylic acid groups (broad SMARTS) is 1. The Morgan fingerprint density at radius 1 is 0.795 bits per heavy atom. The van der Waals surface area contributed by atoms with Crippen molar-refractivity contribution in [3.8, 4) is 0 Å². The topological polar surface area (TPSA) is 165 Å². The van der Waals surface area contributed by atoms with Crippen LogP contribution in [-0.2, 0) is 23.5 Å². The Balaban J connectivity index is 4.75. The van der Waals surface area contributed by atoms with E-state index in [1.807, 2.05) is 33.9 Å². The van der Waals surface area contributed by atoms with Crippen LogP contribution in [0.4, 0.5) is 9.59 Å². The van der Waals surface area contributed by atoms with Crippen LogP contribution in [0.1, 0.15) is 94.4 Å². The summed E-state index contributed by atoms with van der Waals surface area (Å²) in [4.78, 5) is 52.4. The number of nitrogens with one attached hydrogen (secondary N) is 3. The Bertz CT molecular complexity index is 839. The molecule has 0 aliphatic rings. The van der Waals surface area contributed by atoms with Crippen molar-refractivity contribution in [1.82, 2.24) is 16.0 Å². The predicted octanol–water partition coefficient (Wildman–Crippen LogP) is 4.89. The van der Waals surface area contributed by atoms with E-state index in [9.17, 15) is 24.3 Å². The molecule has 0 rings (SSSR count). The molecule has 12 nitrogen and oxygen atoms in total. The molecule has 1 atom stereocenters. The first-order chi connectivity index (χ1) is 17.5. The van der Waals surface area contributed by atoms with Gasteiger partial charge < -0.3 is 24.3 Å². The minimum Gasteiger partial charge on any atom is -0.478 e. The van der Waals surface area contributed by atoms with Crippen molar-refractivity contribution < 1.29 is 38.2 Å². The molecular weight excluding hydrogens is 524 g/mol. The number of carboxylic acids is 1. The number of rotatable bonds is 11.